The quantitative estimate of drug-likeness (QED) is 0.452. The minimum absolute atomic E-state index is 0.000707. The van der Waals surface area contributed by atoms with E-state index in [0.29, 0.717) is 12.3 Å². The molecule has 0 saturated heterocycles. The fraction of sp³-hybridized carbons (Fsp3) is 0.545. The van der Waals surface area contributed by atoms with Gasteiger partial charge in [0.1, 0.15) is 19.0 Å². The zero-order chi connectivity index (χ0) is 22.7. The molecular weight excluding hydrogens is 413 g/mol. The van der Waals surface area contributed by atoms with Crippen LogP contribution in [0.2, 0.25) is 0 Å². The van der Waals surface area contributed by atoms with Gasteiger partial charge in [0.05, 0.1) is 12.6 Å². The second-order valence-corrected chi connectivity index (χ2v) is 7.48. The van der Waals surface area contributed by atoms with Crippen LogP contribution in [-0.4, -0.2) is 43.9 Å². The first-order valence-corrected chi connectivity index (χ1v) is 10.4. The Balaban J connectivity index is 1.65. The van der Waals surface area contributed by atoms with E-state index in [-0.39, 0.29) is 31.8 Å². The Labute approximate surface area is 180 Å². The van der Waals surface area contributed by atoms with Gasteiger partial charge in [-0.05, 0) is 43.9 Å². The van der Waals surface area contributed by atoms with Crippen LogP contribution in [0.25, 0.3) is 0 Å². The SMILES string of the molecule is C/C1=C/C(OCC(=O)NCc2ccc(OCCNC(=O)C(F)(F)F)cc2)CCCCC1. The van der Waals surface area contributed by atoms with Gasteiger partial charge in [-0.1, -0.05) is 36.6 Å². The molecule has 0 fully saturated rings. The Kier molecular flexibility index (Phi) is 9.84. The number of amides is 2. The van der Waals surface area contributed by atoms with Crippen molar-refractivity contribution in [3.8, 4) is 5.75 Å². The molecule has 1 aromatic rings. The van der Waals surface area contributed by atoms with Crippen LogP contribution in [0.4, 0.5) is 13.2 Å². The van der Waals surface area contributed by atoms with Gasteiger partial charge < -0.3 is 20.1 Å². The smallest absolute Gasteiger partial charge is 0.471 e. The van der Waals surface area contributed by atoms with E-state index in [4.69, 9.17) is 9.47 Å². The number of allylic oxidation sites excluding steroid dienone is 1. The Morgan fingerprint density at radius 1 is 1.10 bits per heavy atom. The average molecular weight is 442 g/mol. The average Bonchev–Trinajstić information content (AvgIpc) is 2.71. The van der Waals surface area contributed by atoms with Crippen LogP contribution < -0.4 is 15.4 Å². The standard InChI is InChI=1S/C22H29F3N2O4/c1-16-5-3-2-4-6-19(13-16)31-15-20(28)27-14-17-7-9-18(10-8-17)30-12-11-26-21(29)22(23,24)25/h7-10,13,19H,2-6,11-12,14-15H2,1H3,(H,26,29)(H,27,28)/b16-13-. The molecule has 1 aliphatic rings. The third kappa shape index (κ3) is 9.87. The van der Waals surface area contributed by atoms with E-state index in [1.807, 2.05) is 0 Å². The number of benzene rings is 1. The molecule has 2 N–H and O–H groups in total. The number of carbonyl (C=O) groups excluding carboxylic acids is 2. The number of rotatable bonds is 9. The summed E-state index contributed by atoms with van der Waals surface area (Å²) in [4.78, 5) is 22.8. The van der Waals surface area contributed by atoms with Crippen molar-refractivity contribution < 1.29 is 32.2 Å². The number of carbonyl (C=O) groups is 2. The molecule has 1 aromatic carbocycles. The van der Waals surface area contributed by atoms with Gasteiger partial charge in [-0.3, -0.25) is 9.59 Å². The number of halogens is 3. The number of hydrogen-bond acceptors (Lipinski definition) is 4. The van der Waals surface area contributed by atoms with E-state index in [0.717, 1.165) is 24.8 Å². The summed E-state index contributed by atoms with van der Waals surface area (Å²) < 4.78 is 47.2. The molecule has 0 aromatic heterocycles. The normalized spacial score (nSPS) is 18.8. The highest BCUT2D eigenvalue weighted by Crippen LogP contribution is 2.19. The first-order valence-electron chi connectivity index (χ1n) is 10.4. The molecular formula is C22H29F3N2O4. The number of ether oxygens (including phenoxy) is 2. The lowest BCUT2D eigenvalue weighted by Crippen LogP contribution is -2.38. The summed E-state index contributed by atoms with van der Waals surface area (Å²) in [6.07, 6.45) is 2.66. The van der Waals surface area contributed by atoms with E-state index in [2.05, 4.69) is 18.3 Å². The Bertz CT molecular complexity index is 748. The second kappa shape index (κ2) is 12.3. The van der Waals surface area contributed by atoms with Crippen LogP contribution in [0.15, 0.2) is 35.9 Å². The van der Waals surface area contributed by atoms with E-state index < -0.39 is 12.1 Å². The molecule has 0 bridgehead atoms. The molecule has 0 radical (unpaired) electrons. The maximum absolute atomic E-state index is 12.1. The fourth-order valence-electron chi connectivity index (χ4n) is 3.11. The predicted molar refractivity (Wildman–Crippen MR) is 109 cm³/mol. The van der Waals surface area contributed by atoms with Gasteiger partial charge in [0.2, 0.25) is 5.91 Å². The summed E-state index contributed by atoms with van der Waals surface area (Å²) in [6, 6.07) is 6.77. The minimum atomic E-state index is -4.90. The summed E-state index contributed by atoms with van der Waals surface area (Å²) in [5, 5.41) is 4.53. The monoisotopic (exact) mass is 442 g/mol. The van der Waals surface area contributed by atoms with Gasteiger partial charge in [0.25, 0.3) is 0 Å². The first-order chi connectivity index (χ1) is 14.7. The van der Waals surface area contributed by atoms with Gasteiger partial charge in [0, 0.05) is 6.54 Å². The lowest BCUT2D eigenvalue weighted by atomic mass is 9.99. The highest BCUT2D eigenvalue weighted by atomic mass is 19.4. The molecule has 0 saturated carbocycles. The maximum Gasteiger partial charge on any atom is 0.471 e. The third-order valence-electron chi connectivity index (χ3n) is 4.79. The van der Waals surface area contributed by atoms with Gasteiger partial charge in [-0.25, -0.2) is 0 Å². The van der Waals surface area contributed by atoms with Crippen molar-refractivity contribution >= 4 is 11.8 Å². The number of nitrogens with one attached hydrogen (secondary N) is 2. The zero-order valence-electron chi connectivity index (χ0n) is 17.6. The third-order valence-corrected chi connectivity index (χ3v) is 4.79. The molecule has 0 heterocycles. The van der Waals surface area contributed by atoms with E-state index in [9.17, 15) is 22.8 Å². The highest BCUT2D eigenvalue weighted by Gasteiger charge is 2.38. The maximum atomic E-state index is 12.1. The van der Waals surface area contributed by atoms with Gasteiger partial charge in [-0.15, -0.1) is 0 Å². The van der Waals surface area contributed by atoms with Crippen molar-refractivity contribution in [2.75, 3.05) is 19.8 Å². The summed E-state index contributed by atoms with van der Waals surface area (Å²) in [5.74, 6) is -1.74. The topological polar surface area (TPSA) is 76.7 Å². The van der Waals surface area contributed by atoms with E-state index in [1.165, 1.54) is 18.4 Å². The Hall–Kier alpha value is -2.55. The Morgan fingerprint density at radius 2 is 1.84 bits per heavy atom. The van der Waals surface area contributed by atoms with E-state index >= 15 is 0 Å². The van der Waals surface area contributed by atoms with Crippen molar-refractivity contribution in [1.29, 1.82) is 0 Å². The molecule has 31 heavy (non-hydrogen) atoms. The van der Waals surface area contributed by atoms with Crippen molar-refractivity contribution in [3.63, 3.8) is 0 Å². The second-order valence-electron chi connectivity index (χ2n) is 7.48. The molecule has 172 valence electrons. The Morgan fingerprint density at radius 3 is 2.55 bits per heavy atom. The predicted octanol–water partition coefficient (Wildman–Crippen LogP) is 3.66. The van der Waals surface area contributed by atoms with Crippen molar-refractivity contribution in [1.82, 2.24) is 10.6 Å². The summed E-state index contributed by atoms with van der Waals surface area (Å²) in [7, 11) is 0. The van der Waals surface area contributed by atoms with Crippen LogP contribution in [0, 0.1) is 0 Å². The molecule has 1 atom stereocenters. The van der Waals surface area contributed by atoms with Gasteiger partial charge in [0.15, 0.2) is 0 Å². The van der Waals surface area contributed by atoms with Gasteiger partial charge >= 0.3 is 12.1 Å². The molecule has 0 spiro atoms. The molecule has 1 unspecified atom stereocenters. The fourth-order valence-corrected chi connectivity index (χ4v) is 3.11. The molecule has 2 rings (SSSR count). The van der Waals surface area contributed by atoms with Crippen molar-refractivity contribution in [2.45, 2.75) is 57.9 Å². The molecule has 0 aliphatic heterocycles. The lowest BCUT2D eigenvalue weighted by molar-refractivity contribution is -0.173. The lowest BCUT2D eigenvalue weighted by Gasteiger charge is -2.18. The van der Waals surface area contributed by atoms with Crippen LogP contribution in [-0.2, 0) is 20.9 Å². The van der Waals surface area contributed by atoms with Gasteiger partial charge in [-0.2, -0.15) is 13.2 Å². The van der Waals surface area contributed by atoms with Crippen LogP contribution in [0.5, 0.6) is 5.75 Å². The summed E-state index contributed by atoms with van der Waals surface area (Å²) >= 11 is 0. The van der Waals surface area contributed by atoms with Crippen LogP contribution in [0.3, 0.4) is 0 Å². The minimum Gasteiger partial charge on any atom is -0.492 e. The zero-order valence-corrected chi connectivity index (χ0v) is 17.6. The van der Waals surface area contributed by atoms with Crippen LogP contribution >= 0.6 is 0 Å². The van der Waals surface area contributed by atoms with Crippen molar-refractivity contribution in [3.05, 3.63) is 41.5 Å². The number of hydrogen-bond donors (Lipinski definition) is 2. The molecule has 2 amide bonds. The summed E-state index contributed by atoms with van der Waals surface area (Å²) in [6.45, 7) is 2.06. The van der Waals surface area contributed by atoms with E-state index in [1.54, 1.807) is 29.6 Å². The number of alkyl halides is 3. The first kappa shape index (κ1) is 24.7. The summed E-state index contributed by atoms with van der Waals surface area (Å²) in [5.41, 5.74) is 2.14. The van der Waals surface area contributed by atoms with Crippen molar-refractivity contribution in [2.24, 2.45) is 0 Å². The largest absolute Gasteiger partial charge is 0.492 e. The molecule has 1 aliphatic carbocycles. The molecule has 6 nitrogen and oxygen atoms in total. The highest BCUT2D eigenvalue weighted by molar-refractivity contribution is 5.81. The molecule has 9 heteroatoms. The van der Waals surface area contributed by atoms with Crippen LogP contribution in [0.1, 0.15) is 44.6 Å².